The molecule has 0 spiro atoms. The minimum absolute atomic E-state index is 0.135. The fraction of sp³-hybridized carbons (Fsp3) is 0.294. The van der Waals surface area contributed by atoms with Crippen LogP contribution >= 0.6 is 0 Å². The molecule has 2 aromatic rings. The molecular weight excluding hydrogens is 251 g/mol. The highest BCUT2D eigenvalue weighted by molar-refractivity contribution is 5.46. The number of rotatable bonds is 5. The first-order chi connectivity index (χ1) is 9.55. The molecule has 106 valence electrons. The summed E-state index contributed by atoms with van der Waals surface area (Å²) in [5.74, 6) is -0.216. The molecule has 0 fully saturated rings. The number of likely N-dealkylation sites (N-methyl/N-ethyl adjacent to an activating group) is 1. The maximum absolute atomic E-state index is 13.0. The van der Waals surface area contributed by atoms with Crippen molar-refractivity contribution in [3.63, 3.8) is 0 Å². The van der Waals surface area contributed by atoms with E-state index in [1.807, 2.05) is 25.2 Å². The Hall–Kier alpha value is -1.87. The molecule has 2 rings (SSSR count). The van der Waals surface area contributed by atoms with Crippen molar-refractivity contribution in [2.45, 2.75) is 12.3 Å². The standard InChI is InChI=1S/C17H21FN2/c1-17(12-19,14-6-4-3-5-7-14)13-20(2)16-10-8-15(18)9-11-16/h3-11H,12-13,19H2,1-2H3. The maximum atomic E-state index is 13.0. The van der Waals surface area contributed by atoms with Crippen LogP contribution in [0.4, 0.5) is 10.1 Å². The van der Waals surface area contributed by atoms with Gasteiger partial charge in [0.2, 0.25) is 0 Å². The van der Waals surface area contributed by atoms with Gasteiger partial charge in [0, 0.05) is 31.2 Å². The van der Waals surface area contributed by atoms with Crippen LogP contribution in [-0.4, -0.2) is 20.1 Å². The Morgan fingerprint density at radius 3 is 2.20 bits per heavy atom. The smallest absolute Gasteiger partial charge is 0.123 e. The first-order valence-electron chi connectivity index (χ1n) is 6.77. The van der Waals surface area contributed by atoms with Gasteiger partial charge in [-0.2, -0.15) is 0 Å². The molecule has 0 aromatic heterocycles. The zero-order valence-electron chi connectivity index (χ0n) is 12.0. The zero-order valence-corrected chi connectivity index (χ0v) is 12.0. The van der Waals surface area contributed by atoms with Gasteiger partial charge in [-0.3, -0.25) is 0 Å². The highest BCUT2D eigenvalue weighted by Gasteiger charge is 2.26. The van der Waals surface area contributed by atoms with Gasteiger partial charge in [-0.25, -0.2) is 4.39 Å². The van der Waals surface area contributed by atoms with E-state index in [-0.39, 0.29) is 11.2 Å². The van der Waals surface area contributed by atoms with Crippen molar-refractivity contribution in [3.05, 3.63) is 66.0 Å². The largest absolute Gasteiger partial charge is 0.374 e. The molecule has 0 amide bonds. The van der Waals surface area contributed by atoms with E-state index in [9.17, 15) is 4.39 Å². The lowest BCUT2D eigenvalue weighted by Crippen LogP contribution is -2.42. The molecule has 2 N–H and O–H groups in total. The van der Waals surface area contributed by atoms with E-state index >= 15 is 0 Å². The first-order valence-corrected chi connectivity index (χ1v) is 6.77. The molecule has 0 radical (unpaired) electrons. The van der Waals surface area contributed by atoms with Gasteiger partial charge in [-0.15, -0.1) is 0 Å². The van der Waals surface area contributed by atoms with Crippen LogP contribution in [0.25, 0.3) is 0 Å². The third kappa shape index (κ3) is 3.17. The summed E-state index contributed by atoms with van der Waals surface area (Å²) in [6.45, 7) is 3.49. The van der Waals surface area contributed by atoms with Crippen LogP contribution < -0.4 is 10.6 Å². The zero-order chi connectivity index (χ0) is 14.6. The van der Waals surface area contributed by atoms with E-state index in [0.29, 0.717) is 6.54 Å². The molecule has 0 heterocycles. The van der Waals surface area contributed by atoms with Crippen LogP contribution in [0.3, 0.4) is 0 Å². The van der Waals surface area contributed by atoms with Gasteiger partial charge in [0.1, 0.15) is 5.82 Å². The van der Waals surface area contributed by atoms with Crippen LogP contribution in [-0.2, 0) is 5.41 Å². The van der Waals surface area contributed by atoms with Crippen molar-refractivity contribution in [1.82, 2.24) is 0 Å². The van der Waals surface area contributed by atoms with Gasteiger partial charge in [-0.1, -0.05) is 37.3 Å². The number of halogens is 1. The van der Waals surface area contributed by atoms with E-state index in [2.05, 4.69) is 24.0 Å². The Balaban J connectivity index is 2.19. The van der Waals surface area contributed by atoms with E-state index in [1.165, 1.54) is 17.7 Å². The molecule has 20 heavy (non-hydrogen) atoms. The average molecular weight is 272 g/mol. The van der Waals surface area contributed by atoms with Crippen molar-refractivity contribution >= 4 is 5.69 Å². The summed E-state index contributed by atoms with van der Waals surface area (Å²) in [4.78, 5) is 2.11. The molecular formula is C17H21FN2. The van der Waals surface area contributed by atoms with Gasteiger partial charge in [0.05, 0.1) is 0 Å². The van der Waals surface area contributed by atoms with Crippen LogP contribution in [0.5, 0.6) is 0 Å². The quantitative estimate of drug-likeness (QED) is 0.906. The lowest BCUT2D eigenvalue weighted by Gasteiger charge is -2.34. The first kappa shape index (κ1) is 14.5. The van der Waals surface area contributed by atoms with Crippen molar-refractivity contribution in [1.29, 1.82) is 0 Å². The number of hydrogen-bond acceptors (Lipinski definition) is 2. The number of benzene rings is 2. The summed E-state index contributed by atoms with van der Waals surface area (Å²) < 4.78 is 13.0. The minimum Gasteiger partial charge on any atom is -0.374 e. The maximum Gasteiger partial charge on any atom is 0.123 e. The van der Waals surface area contributed by atoms with Crippen molar-refractivity contribution in [2.75, 3.05) is 25.0 Å². The van der Waals surface area contributed by atoms with Gasteiger partial charge < -0.3 is 10.6 Å². The van der Waals surface area contributed by atoms with Gasteiger partial charge in [0.15, 0.2) is 0 Å². The van der Waals surface area contributed by atoms with Gasteiger partial charge >= 0.3 is 0 Å². The molecule has 0 aliphatic carbocycles. The van der Waals surface area contributed by atoms with E-state index in [1.54, 1.807) is 12.1 Å². The van der Waals surface area contributed by atoms with Gasteiger partial charge in [0.25, 0.3) is 0 Å². The SMILES string of the molecule is CN(CC(C)(CN)c1ccccc1)c1ccc(F)cc1. The Morgan fingerprint density at radius 1 is 1.05 bits per heavy atom. The molecule has 3 heteroatoms. The number of hydrogen-bond donors (Lipinski definition) is 1. The fourth-order valence-corrected chi connectivity index (χ4v) is 2.42. The van der Waals surface area contributed by atoms with Crippen LogP contribution in [0.2, 0.25) is 0 Å². The fourth-order valence-electron chi connectivity index (χ4n) is 2.42. The van der Waals surface area contributed by atoms with Crippen molar-refractivity contribution in [3.8, 4) is 0 Å². The van der Waals surface area contributed by atoms with Crippen molar-refractivity contribution < 1.29 is 4.39 Å². The lowest BCUT2D eigenvalue weighted by atomic mass is 9.82. The predicted molar refractivity (Wildman–Crippen MR) is 82.5 cm³/mol. The lowest BCUT2D eigenvalue weighted by molar-refractivity contribution is 0.485. The molecule has 0 aliphatic rings. The average Bonchev–Trinajstić information content (AvgIpc) is 2.48. The molecule has 0 saturated heterocycles. The summed E-state index contributed by atoms with van der Waals surface area (Å²) in [7, 11) is 2.00. The molecule has 0 saturated carbocycles. The molecule has 2 nitrogen and oxygen atoms in total. The summed E-state index contributed by atoms with van der Waals surface area (Å²) in [6, 6.07) is 16.8. The van der Waals surface area contributed by atoms with Gasteiger partial charge in [-0.05, 0) is 29.8 Å². The highest BCUT2D eigenvalue weighted by Crippen LogP contribution is 2.25. The summed E-state index contributed by atoms with van der Waals surface area (Å²) in [5, 5.41) is 0. The number of anilines is 1. The second kappa shape index (κ2) is 6.06. The summed E-state index contributed by atoms with van der Waals surface area (Å²) in [5.41, 5.74) is 8.08. The van der Waals surface area contributed by atoms with E-state index in [0.717, 1.165) is 12.2 Å². The third-order valence-electron chi connectivity index (χ3n) is 3.77. The topological polar surface area (TPSA) is 29.3 Å². The molecule has 1 unspecified atom stereocenters. The monoisotopic (exact) mass is 272 g/mol. The van der Waals surface area contributed by atoms with Crippen LogP contribution in [0, 0.1) is 5.82 Å². The Morgan fingerprint density at radius 2 is 1.65 bits per heavy atom. The molecule has 2 aromatic carbocycles. The van der Waals surface area contributed by atoms with Crippen LogP contribution in [0.15, 0.2) is 54.6 Å². The molecule has 1 atom stereocenters. The highest BCUT2D eigenvalue weighted by atomic mass is 19.1. The van der Waals surface area contributed by atoms with Crippen molar-refractivity contribution in [2.24, 2.45) is 5.73 Å². The second-order valence-electron chi connectivity index (χ2n) is 5.46. The number of nitrogens with two attached hydrogens (primary N) is 1. The Kier molecular flexibility index (Phi) is 4.40. The Labute approximate surface area is 120 Å². The van der Waals surface area contributed by atoms with E-state index in [4.69, 9.17) is 5.73 Å². The molecule has 0 aliphatic heterocycles. The molecule has 0 bridgehead atoms. The number of nitrogens with zero attached hydrogens (tertiary/aromatic N) is 1. The normalized spacial score (nSPS) is 13.8. The second-order valence-corrected chi connectivity index (χ2v) is 5.46. The summed E-state index contributed by atoms with van der Waals surface area (Å²) >= 11 is 0. The third-order valence-corrected chi connectivity index (χ3v) is 3.77. The predicted octanol–water partition coefficient (Wildman–Crippen LogP) is 3.18. The minimum atomic E-state index is -0.216. The summed E-state index contributed by atoms with van der Waals surface area (Å²) in [6.07, 6.45) is 0. The van der Waals surface area contributed by atoms with E-state index < -0.39 is 0 Å². The van der Waals surface area contributed by atoms with Crippen LogP contribution in [0.1, 0.15) is 12.5 Å². The Bertz CT molecular complexity index is 539.